The lowest BCUT2D eigenvalue weighted by molar-refractivity contribution is -0.880. The number of rotatable bonds is 4. The summed E-state index contributed by atoms with van der Waals surface area (Å²) >= 11 is 6.46. The molecule has 5 nitrogen and oxygen atoms in total. The molecule has 132 valence electrons. The lowest BCUT2D eigenvalue weighted by Crippen LogP contribution is -3.12. The van der Waals surface area contributed by atoms with Gasteiger partial charge in [-0.2, -0.15) is 0 Å². The second-order valence-corrected chi connectivity index (χ2v) is 6.70. The van der Waals surface area contributed by atoms with Crippen molar-refractivity contribution in [3.63, 3.8) is 0 Å². The summed E-state index contributed by atoms with van der Waals surface area (Å²) in [5.41, 5.74) is 2.25. The second-order valence-electron chi connectivity index (χ2n) is 6.30. The predicted octanol–water partition coefficient (Wildman–Crippen LogP) is 1.94. The standard InChI is InChI=1S/C19H22ClN3O2/c1-22-8-10-23(11-9-22)18-7-6-15(13-17(18)20)21-19(24)14-4-3-5-16(12-14)25-2/h3-7,12-13H,8-11H2,1-2H3,(H,21,24)/p+1. The third-order valence-corrected chi connectivity index (χ3v) is 4.80. The van der Waals surface area contributed by atoms with Crippen LogP contribution in [0.5, 0.6) is 5.75 Å². The Labute approximate surface area is 153 Å². The lowest BCUT2D eigenvalue weighted by Gasteiger charge is -2.32. The molecule has 1 amide bonds. The monoisotopic (exact) mass is 360 g/mol. The van der Waals surface area contributed by atoms with Gasteiger partial charge in [-0.05, 0) is 36.4 Å². The zero-order chi connectivity index (χ0) is 17.8. The van der Waals surface area contributed by atoms with Crippen molar-refractivity contribution in [2.45, 2.75) is 0 Å². The van der Waals surface area contributed by atoms with Crippen LogP contribution in [0.3, 0.4) is 0 Å². The zero-order valence-electron chi connectivity index (χ0n) is 14.5. The largest absolute Gasteiger partial charge is 0.497 e. The van der Waals surface area contributed by atoms with Crippen molar-refractivity contribution in [3.05, 3.63) is 53.1 Å². The molecule has 1 aliphatic heterocycles. The van der Waals surface area contributed by atoms with E-state index in [2.05, 4.69) is 17.3 Å². The van der Waals surface area contributed by atoms with Crippen molar-refractivity contribution in [1.29, 1.82) is 0 Å². The van der Waals surface area contributed by atoms with Crippen LogP contribution in [0.1, 0.15) is 10.4 Å². The van der Waals surface area contributed by atoms with E-state index in [4.69, 9.17) is 16.3 Å². The molecule has 1 saturated heterocycles. The van der Waals surface area contributed by atoms with E-state index < -0.39 is 0 Å². The molecule has 1 aliphatic rings. The van der Waals surface area contributed by atoms with Crippen LogP contribution in [-0.2, 0) is 0 Å². The maximum atomic E-state index is 12.4. The number of hydrogen-bond acceptors (Lipinski definition) is 3. The van der Waals surface area contributed by atoms with Crippen molar-refractivity contribution >= 4 is 28.9 Å². The molecule has 0 bridgehead atoms. The van der Waals surface area contributed by atoms with Crippen molar-refractivity contribution in [2.24, 2.45) is 0 Å². The fourth-order valence-electron chi connectivity index (χ4n) is 2.94. The normalized spacial score (nSPS) is 15.1. The number of halogens is 1. The molecular formula is C19H23ClN3O2+. The maximum absolute atomic E-state index is 12.4. The van der Waals surface area contributed by atoms with Gasteiger partial charge in [0, 0.05) is 11.3 Å². The number of hydrogen-bond donors (Lipinski definition) is 2. The van der Waals surface area contributed by atoms with E-state index in [1.54, 1.807) is 37.4 Å². The van der Waals surface area contributed by atoms with Gasteiger partial charge >= 0.3 is 0 Å². The lowest BCUT2D eigenvalue weighted by atomic mass is 10.2. The van der Waals surface area contributed by atoms with E-state index in [0.717, 1.165) is 31.9 Å². The van der Waals surface area contributed by atoms with Gasteiger partial charge in [0.05, 0.1) is 51.0 Å². The summed E-state index contributed by atoms with van der Waals surface area (Å²) in [4.78, 5) is 16.2. The molecule has 2 aromatic carbocycles. The number of piperazine rings is 1. The third-order valence-electron chi connectivity index (χ3n) is 4.50. The second kappa shape index (κ2) is 7.76. The number of quaternary nitrogens is 1. The van der Waals surface area contributed by atoms with Crippen molar-refractivity contribution in [2.75, 3.05) is 50.6 Å². The van der Waals surface area contributed by atoms with E-state index in [1.165, 1.54) is 4.90 Å². The van der Waals surface area contributed by atoms with Gasteiger partial charge in [-0.25, -0.2) is 0 Å². The first kappa shape index (κ1) is 17.6. The molecule has 1 heterocycles. The number of anilines is 2. The highest BCUT2D eigenvalue weighted by Crippen LogP contribution is 2.29. The molecule has 0 saturated carbocycles. The number of amides is 1. The molecule has 2 N–H and O–H groups in total. The summed E-state index contributed by atoms with van der Waals surface area (Å²) < 4.78 is 5.16. The average Bonchev–Trinajstić information content (AvgIpc) is 2.63. The maximum Gasteiger partial charge on any atom is 0.255 e. The molecule has 0 aromatic heterocycles. The fourth-order valence-corrected chi connectivity index (χ4v) is 3.24. The van der Waals surface area contributed by atoms with Gasteiger partial charge in [-0.3, -0.25) is 4.79 Å². The minimum absolute atomic E-state index is 0.189. The molecule has 1 fully saturated rings. The fraction of sp³-hybridized carbons (Fsp3) is 0.316. The molecule has 0 aliphatic carbocycles. The Morgan fingerprint density at radius 1 is 1.20 bits per heavy atom. The van der Waals surface area contributed by atoms with Gasteiger partial charge in [0.15, 0.2) is 0 Å². The molecular weight excluding hydrogens is 338 g/mol. The Morgan fingerprint density at radius 2 is 1.96 bits per heavy atom. The number of carbonyl (C=O) groups excluding carboxylic acids is 1. The highest BCUT2D eigenvalue weighted by atomic mass is 35.5. The van der Waals surface area contributed by atoms with Crippen molar-refractivity contribution < 1.29 is 14.4 Å². The Balaban J connectivity index is 1.71. The van der Waals surface area contributed by atoms with Crippen LogP contribution in [0.15, 0.2) is 42.5 Å². The number of carbonyl (C=O) groups is 1. The molecule has 3 rings (SSSR count). The molecule has 2 aromatic rings. The smallest absolute Gasteiger partial charge is 0.255 e. The first-order chi connectivity index (χ1) is 12.1. The first-order valence-corrected chi connectivity index (χ1v) is 8.76. The first-order valence-electron chi connectivity index (χ1n) is 8.38. The van der Waals surface area contributed by atoms with E-state index in [-0.39, 0.29) is 5.91 Å². The Hall–Kier alpha value is -2.24. The summed E-state index contributed by atoms with van der Waals surface area (Å²) in [6.07, 6.45) is 0. The van der Waals surface area contributed by atoms with E-state index in [0.29, 0.717) is 22.0 Å². The molecule has 25 heavy (non-hydrogen) atoms. The van der Waals surface area contributed by atoms with Crippen LogP contribution < -0.4 is 19.9 Å². The average molecular weight is 361 g/mol. The molecule has 0 spiro atoms. The summed E-state index contributed by atoms with van der Waals surface area (Å²) in [6, 6.07) is 12.7. The number of nitrogens with one attached hydrogen (secondary N) is 2. The zero-order valence-corrected chi connectivity index (χ0v) is 15.3. The Bertz CT molecular complexity index is 758. The van der Waals surface area contributed by atoms with Crippen molar-refractivity contribution in [1.82, 2.24) is 0 Å². The third kappa shape index (κ3) is 4.24. The highest BCUT2D eigenvalue weighted by molar-refractivity contribution is 6.33. The van der Waals surface area contributed by atoms with Gasteiger partial charge in [0.1, 0.15) is 5.75 Å². The number of nitrogens with zero attached hydrogens (tertiary/aromatic N) is 1. The van der Waals surface area contributed by atoms with Crippen LogP contribution in [0.25, 0.3) is 0 Å². The van der Waals surface area contributed by atoms with Crippen LogP contribution >= 0.6 is 11.6 Å². The van der Waals surface area contributed by atoms with Gasteiger partial charge < -0.3 is 19.9 Å². The van der Waals surface area contributed by atoms with Crippen molar-refractivity contribution in [3.8, 4) is 5.75 Å². The van der Waals surface area contributed by atoms with Gasteiger partial charge in [0.2, 0.25) is 0 Å². The minimum atomic E-state index is -0.189. The summed E-state index contributed by atoms with van der Waals surface area (Å²) in [6.45, 7) is 4.18. The predicted molar refractivity (Wildman–Crippen MR) is 101 cm³/mol. The van der Waals surface area contributed by atoms with E-state index >= 15 is 0 Å². The van der Waals surface area contributed by atoms with Gasteiger partial charge in [0.25, 0.3) is 5.91 Å². The number of benzene rings is 2. The number of likely N-dealkylation sites (N-methyl/N-ethyl adjacent to an activating group) is 1. The molecule has 0 unspecified atom stereocenters. The van der Waals surface area contributed by atoms with Gasteiger partial charge in [-0.15, -0.1) is 0 Å². The van der Waals surface area contributed by atoms with Crippen LogP contribution in [-0.4, -0.2) is 46.2 Å². The molecule has 0 atom stereocenters. The topological polar surface area (TPSA) is 46.0 Å². The number of ether oxygens (including phenoxy) is 1. The van der Waals surface area contributed by atoms with E-state index in [1.807, 2.05) is 12.1 Å². The summed E-state index contributed by atoms with van der Waals surface area (Å²) in [5, 5.41) is 3.54. The van der Waals surface area contributed by atoms with Crippen LogP contribution in [0, 0.1) is 0 Å². The summed E-state index contributed by atoms with van der Waals surface area (Å²) in [7, 11) is 3.78. The quantitative estimate of drug-likeness (QED) is 0.876. The SMILES string of the molecule is COc1cccc(C(=O)Nc2ccc(N3CC[NH+](C)CC3)c(Cl)c2)c1. The molecule has 6 heteroatoms. The Morgan fingerprint density at radius 3 is 2.64 bits per heavy atom. The summed E-state index contributed by atoms with van der Waals surface area (Å²) in [5.74, 6) is 0.462. The minimum Gasteiger partial charge on any atom is -0.497 e. The van der Waals surface area contributed by atoms with Crippen LogP contribution in [0.4, 0.5) is 11.4 Å². The van der Waals surface area contributed by atoms with E-state index in [9.17, 15) is 4.79 Å². The highest BCUT2D eigenvalue weighted by Gasteiger charge is 2.19. The number of methoxy groups -OCH3 is 1. The Kier molecular flexibility index (Phi) is 5.46. The van der Waals surface area contributed by atoms with Gasteiger partial charge in [-0.1, -0.05) is 17.7 Å². The molecule has 0 radical (unpaired) electrons. The van der Waals surface area contributed by atoms with Crippen LogP contribution in [0.2, 0.25) is 5.02 Å².